The predicted octanol–water partition coefficient (Wildman–Crippen LogP) is 4.11. The minimum atomic E-state index is -7.05. The molecule has 0 N–H and O–H groups in total. The molecule has 1 rings (SSSR count). The number of carbonyl (C=O) groups excluding carboxylic acids is 2. The van der Waals surface area contributed by atoms with Gasteiger partial charge in [0.2, 0.25) is 6.17 Å². The van der Waals surface area contributed by atoms with Crippen LogP contribution in [-0.4, -0.2) is 60.7 Å². The van der Waals surface area contributed by atoms with Crippen LogP contribution in [0.1, 0.15) is 27.2 Å². The van der Waals surface area contributed by atoms with Crippen LogP contribution in [0.5, 0.6) is 0 Å². The molecule has 1 fully saturated rings. The van der Waals surface area contributed by atoms with E-state index in [4.69, 9.17) is 0 Å². The summed E-state index contributed by atoms with van der Waals surface area (Å²) in [7, 11) is 0. The summed E-state index contributed by atoms with van der Waals surface area (Å²) in [6, 6.07) is 0. The fraction of sp³-hybridized carbons (Fsp3) is 0.867. The van der Waals surface area contributed by atoms with Gasteiger partial charge in [-0.3, -0.25) is 4.79 Å². The maximum Gasteiger partial charge on any atom is 0.379 e. The number of carbonyl (C=O) groups is 2. The van der Waals surface area contributed by atoms with Crippen LogP contribution in [0, 0.1) is 5.41 Å². The standard InChI is InChI=1S/C15H16F10O4/c1-4-10(2,3)8(26)28-5-6-29-9(27)11(17)12(18,19)7(16)13(20,21)15(24,25)14(11,22)23/h7H,4-6H2,1-3H3. The first kappa shape index (κ1) is 25.3. The zero-order chi connectivity index (χ0) is 23.3. The zero-order valence-electron chi connectivity index (χ0n) is 15.1. The Hall–Kier alpha value is -1.76. The van der Waals surface area contributed by atoms with Gasteiger partial charge in [-0.05, 0) is 20.3 Å². The maximum atomic E-state index is 14.3. The van der Waals surface area contributed by atoms with Crippen LogP contribution in [0.4, 0.5) is 43.9 Å². The molecule has 1 aliphatic carbocycles. The lowest BCUT2D eigenvalue weighted by Crippen LogP contribution is -2.82. The Labute approximate surface area is 157 Å². The molecule has 170 valence electrons. The van der Waals surface area contributed by atoms with E-state index in [0.29, 0.717) is 0 Å². The first-order valence-corrected chi connectivity index (χ1v) is 7.95. The minimum Gasteiger partial charge on any atom is -0.462 e. The van der Waals surface area contributed by atoms with Gasteiger partial charge in [0.05, 0.1) is 5.41 Å². The lowest BCUT2D eigenvalue weighted by atomic mass is 9.73. The topological polar surface area (TPSA) is 52.6 Å². The van der Waals surface area contributed by atoms with Gasteiger partial charge in [-0.2, -0.15) is 35.1 Å². The van der Waals surface area contributed by atoms with Gasteiger partial charge in [0, 0.05) is 0 Å². The van der Waals surface area contributed by atoms with Gasteiger partial charge < -0.3 is 9.47 Å². The molecule has 0 aromatic carbocycles. The van der Waals surface area contributed by atoms with E-state index in [1.54, 1.807) is 6.92 Å². The van der Waals surface area contributed by atoms with Crippen molar-refractivity contribution in [2.24, 2.45) is 5.41 Å². The van der Waals surface area contributed by atoms with Crippen LogP contribution in [0.25, 0.3) is 0 Å². The van der Waals surface area contributed by atoms with Crippen molar-refractivity contribution in [1.82, 2.24) is 0 Å². The highest BCUT2D eigenvalue weighted by molar-refractivity contribution is 5.83. The van der Waals surface area contributed by atoms with Crippen LogP contribution in [0.3, 0.4) is 0 Å². The number of halogens is 10. The van der Waals surface area contributed by atoms with E-state index in [9.17, 15) is 53.5 Å². The summed E-state index contributed by atoms with van der Waals surface area (Å²) in [4.78, 5) is 23.1. The second kappa shape index (κ2) is 7.18. The molecule has 0 radical (unpaired) electrons. The van der Waals surface area contributed by atoms with Gasteiger partial charge in [-0.25, -0.2) is 13.6 Å². The van der Waals surface area contributed by atoms with Gasteiger partial charge in [0.25, 0.3) is 0 Å². The zero-order valence-corrected chi connectivity index (χ0v) is 15.1. The quantitative estimate of drug-likeness (QED) is 0.347. The van der Waals surface area contributed by atoms with Crippen molar-refractivity contribution in [3.05, 3.63) is 0 Å². The van der Waals surface area contributed by atoms with Crippen LogP contribution < -0.4 is 0 Å². The molecule has 1 aliphatic rings. The molecule has 29 heavy (non-hydrogen) atoms. The van der Waals surface area contributed by atoms with Crippen molar-refractivity contribution < 1.29 is 63.0 Å². The van der Waals surface area contributed by atoms with Crippen molar-refractivity contribution in [2.75, 3.05) is 13.2 Å². The van der Waals surface area contributed by atoms with Gasteiger partial charge in [0.1, 0.15) is 13.2 Å². The Balaban J connectivity index is 3.08. The molecule has 0 bridgehead atoms. The molecule has 0 spiro atoms. The molecule has 2 unspecified atom stereocenters. The summed E-state index contributed by atoms with van der Waals surface area (Å²) in [5, 5.41) is 0. The fourth-order valence-electron chi connectivity index (χ4n) is 2.17. The van der Waals surface area contributed by atoms with E-state index in [1.165, 1.54) is 13.8 Å². The van der Waals surface area contributed by atoms with E-state index in [0.717, 1.165) is 0 Å². The van der Waals surface area contributed by atoms with Crippen LogP contribution >= 0.6 is 0 Å². The Bertz CT molecular complexity index is 663. The van der Waals surface area contributed by atoms with Crippen molar-refractivity contribution in [1.29, 1.82) is 0 Å². The van der Waals surface area contributed by atoms with E-state index < -0.39 is 66.1 Å². The summed E-state index contributed by atoms with van der Waals surface area (Å²) in [5.74, 6) is -31.7. The highest BCUT2D eigenvalue weighted by atomic mass is 19.4. The number of hydrogen-bond donors (Lipinski definition) is 0. The average molecular weight is 450 g/mol. The third-order valence-electron chi connectivity index (χ3n) is 4.61. The first-order valence-electron chi connectivity index (χ1n) is 7.95. The molecule has 2 atom stereocenters. The molecule has 0 aliphatic heterocycles. The summed E-state index contributed by atoms with van der Waals surface area (Å²) in [6.07, 6.45) is -5.22. The number of esters is 2. The van der Waals surface area contributed by atoms with E-state index >= 15 is 0 Å². The van der Waals surface area contributed by atoms with E-state index in [2.05, 4.69) is 9.47 Å². The molecule has 0 heterocycles. The molecule has 0 aromatic rings. The van der Waals surface area contributed by atoms with Crippen molar-refractivity contribution in [3.8, 4) is 0 Å². The van der Waals surface area contributed by atoms with E-state index in [-0.39, 0.29) is 6.42 Å². The second-order valence-electron chi connectivity index (χ2n) is 6.93. The molecule has 0 saturated heterocycles. The summed E-state index contributed by atoms with van der Waals surface area (Å²) in [5.41, 5.74) is -7.53. The van der Waals surface area contributed by atoms with Gasteiger partial charge in [0.15, 0.2) is 0 Å². The Morgan fingerprint density at radius 2 is 1.28 bits per heavy atom. The van der Waals surface area contributed by atoms with Crippen LogP contribution in [0.15, 0.2) is 0 Å². The SMILES string of the molecule is CCC(C)(C)C(=O)OCCOC(=O)C1(F)C(F)(F)C(F)C(F)(F)C(F)(F)C1(F)F. The van der Waals surface area contributed by atoms with Crippen molar-refractivity contribution in [3.63, 3.8) is 0 Å². The normalized spacial score (nSPS) is 29.8. The Morgan fingerprint density at radius 1 is 0.828 bits per heavy atom. The van der Waals surface area contributed by atoms with Crippen LogP contribution in [0.2, 0.25) is 0 Å². The summed E-state index contributed by atoms with van der Waals surface area (Å²) >= 11 is 0. The monoisotopic (exact) mass is 450 g/mol. The summed E-state index contributed by atoms with van der Waals surface area (Å²) in [6.45, 7) is 2.02. The number of hydrogen-bond acceptors (Lipinski definition) is 4. The van der Waals surface area contributed by atoms with Crippen molar-refractivity contribution >= 4 is 11.9 Å². The number of ether oxygens (including phenoxy) is 2. The minimum absolute atomic E-state index is 0.249. The van der Waals surface area contributed by atoms with Gasteiger partial charge in [-0.15, -0.1) is 0 Å². The molecule has 0 aromatic heterocycles. The smallest absolute Gasteiger partial charge is 0.379 e. The molecule has 1 saturated carbocycles. The molecule has 14 heteroatoms. The first-order chi connectivity index (χ1) is 12.8. The molecular weight excluding hydrogens is 434 g/mol. The highest BCUT2D eigenvalue weighted by Crippen LogP contribution is 2.65. The molecule has 0 amide bonds. The molecule has 4 nitrogen and oxygen atoms in total. The fourth-order valence-corrected chi connectivity index (χ4v) is 2.17. The number of rotatable bonds is 6. The average Bonchev–Trinajstić information content (AvgIpc) is 2.61. The maximum absolute atomic E-state index is 14.3. The number of alkyl halides is 10. The largest absolute Gasteiger partial charge is 0.462 e. The van der Waals surface area contributed by atoms with Crippen molar-refractivity contribution in [2.45, 2.75) is 62.7 Å². The lowest BCUT2D eigenvalue weighted by molar-refractivity contribution is -0.428. The lowest BCUT2D eigenvalue weighted by Gasteiger charge is -2.49. The third-order valence-corrected chi connectivity index (χ3v) is 4.61. The molecular formula is C15H16F10O4. The Morgan fingerprint density at radius 3 is 1.72 bits per heavy atom. The highest BCUT2D eigenvalue weighted by Gasteiger charge is 2.97. The Kier molecular flexibility index (Phi) is 6.26. The third kappa shape index (κ3) is 3.31. The van der Waals surface area contributed by atoms with Gasteiger partial charge in [-0.1, -0.05) is 6.92 Å². The van der Waals surface area contributed by atoms with Crippen LogP contribution in [-0.2, 0) is 19.1 Å². The summed E-state index contributed by atoms with van der Waals surface area (Å²) < 4.78 is 143. The van der Waals surface area contributed by atoms with Gasteiger partial charge >= 0.3 is 41.3 Å². The predicted molar refractivity (Wildman–Crippen MR) is 74.5 cm³/mol. The van der Waals surface area contributed by atoms with E-state index in [1.807, 2.05) is 0 Å². The second-order valence-corrected chi connectivity index (χ2v) is 6.93.